The number of anilines is 1. The molecule has 2 unspecified atom stereocenters. The van der Waals surface area contributed by atoms with Gasteiger partial charge in [0.2, 0.25) is 0 Å². The van der Waals surface area contributed by atoms with Gasteiger partial charge in [0.05, 0.1) is 24.9 Å². The zero-order chi connectivity index (χ0) is 23.8. The van der Waals surface area contributed by atoms with Crippen LogP contribution < -0.4 is 15.0 Å². The van der Waals surface area contributed by atoms with Crippen molar-refractivity contribution in [2.75, 3.05) is 12.0 Å². The van der Waals surface area contributed by atoms with E-state index in [0.29, 0.717) is 5.11 Å². The molecular formula is C28H28N4OS. The Bertz CT molecular complexity index is 1330. The number of hydrogen-bond acceptors (Lipinski definition) is 3. The van der Waals surface area contributed by atoms with Crippen molar-refractivity contribution in [3.63, 3.8) is 0 Å². The summed E-state index contributed by atoms with van der Waals surface area (Å²) < 4.78 is 7.72. The third kappa shape index (κ3) is 3.74. The fourth-order valence-corrected chi connectivity index (χ4v) is 5.31. The summed E-state index contributed by atoms with van der Waals surface area (Å²) in [6.45, 7) is 6.51. The van der Waals surface area contributed by atoms with E-state index in [2.05, 4.69) is 89.1 Å². The van der Waals surface area contributed by atoms with E-state index in [1.165, 1.54) is 28.2 Å². The van der Waals surface area contributed by atoms with E-state index in [0.717, 1.165) is 17.1 Å². The number of benzene rings is 2. The molecule has 4 aromatic rings. The molecule has 1 fully saturated rings. The fraction of sp³-hybridized carbons (Fsp3) is 0.214. The second kappa shape index (κ2) is 8.95. The first-order valence-corrected chi connectivity index (χ1v) is 11.8. The van der Waals surface area contributed by atoms with Crippen LogP contribution in [0.5, 0.6) is 5.75 Å². The Hall–Kier alpha value is -3.64. The molecule has 2 aromatic heterocycles. The van der Waals surface area contributed by atoms with Gasteiger partial charge in [-0.2, -0.15) is 0 Å². The number of methoxy groups -OCH3 is 1. The quantitative estimate of drug-likeness (QED) is 0.365. The molecule has 0 amide bonds. The van der Waals surface area contributed by atoms with Crippen molar-refractivity contribution >= 4 is 23.0 Å². The van der Waals surface area contributed by atoms with Crippen molar-refractivity contribution in [2.45, 2.75) is 32.9 Å². The Balaban J connectivity index is 1.68. The number of nitrogens with zero attached hydrogens (tertiary/aromatic N) is 3. The van der Waals surface area contributed by atoms with Gasteiger partial charge < -0.3 is 19.5 Å². The molecule has 3 heterocycles. The van der Waals surface area contributed by atoms with Gasteiger partial charge in [-0.15, -0.1) is 0 Å². The lowest BCUT2D eigenvalue weighted by molar-refractivity contribution is 0.415. The summed E-state index contributed by atoms with van der Waals surface area (Å²) in [6.07, 6.45) is 1.84. The van der Waals surface area contributed by atoms with E-state index >= 15 is 0 Å². The molecule has 6 heteroatoms. The number of para-hydroxylation sites is 1. The van der Waals surface area contributed by atoms with Gasteiger partial charge in [0.25, 0.3) is 0 Å². The monoisotopic (exact) mass is 468 g/mol. The topological polar surface area (TPSA) is 42.3 Å². The van der Waals surface area contributed by atoms with Crippen LogP contribution >= 0.6 is 12.2 Å². The van der Waals surface area contributed by atoms with Crippen molar-refractivity contribution in [1.82, 2.24) is 14.9 Å². The maximum absolute atomic E-state index is 5.88. The van der Waals surface area contributed by atoms with Gasteiger partial charge in [-0.25, -0.2) is 0 Å². The van der Waals surface area contributed by atoms with Gasteiger partial charge in [-0.05, 0) is 92.6 Å². The Labute approximate surface area is 206 Å². The molecule has 0 bridgehead atoms. The van der Waals surface area contributed by atoms with Crippen LogP contribution in [0.1, 0.15) is 40.3 Å². The lowest BCUT2D eigenvalue weighted by Crippen LogP contribution is -2.29. The highest BCUT2D eigenvalue weighted by molar-refractivity contribution is 7.80. The summed E-state index contributed by atoms with van der Waals surface area (Å²) in [5.74, 6) is 0.817. The molecule has 0 spiro atoms. The molecule has 0 aliphatic carbocycles. The number of hydrogen-bond donors (Lipinski definition) is 1. The molecular weight excluding hydrogens is 440 g/mol. The summed E-state index contributed by atoms with van der Waals surface area (Å²) in [5, 5.41) is 4.24. The third-order valence-electron chi connectivity index (χ3n) is 6.59. The second-order valence-electron chi connectivity index (χ2n) is 8.64. The number of rotatable bonds is 5. The predicted octanol–water partition coefficient (Wildman–Crippen LogP) is 5.98. The maximum atomic E-state index is 5.88. The number of pyridine rings is 1. The van der Waals surface area contributed by atoms with Gasteiger partial charge in [0.1, 0.15) is 5.75 Å². The maximum Gasteiger partial charge on any atom is 0.174 e. The van der Waals surface area contributed by atoms with E-state index in [1.807, 2.05) is 30.5 Å². The summed E-state index contributed by atoms with van der Waals surface area (Å²) in [4.78, 5) is 6.89. The second-order valence-corrected chi connectivity index (χ2v) is 9.03. The molecule has 1 saturated heterocycles. The Kier molecular flexibility index (Phi) is 5.84. The molecule has 1 N–H and O–H groups in total. The Morgan fingerprint density at radius 2 is 1.68 bits per heavy atom. The van der Waals surface area contributed by atoms with Crippen LogP contribution in [0.2, 0.25) is 0 Å². The normalized spacial score (nSPS) is 17.6. The van der Waals surface area contributed by atoms with Crippen LogP contribution in [0, 0.1) is 20.8 Å². The molecule has 1 aliphatic rings. The van der Waals surface area contributed by atoms with E-state index in [-0.39, 0.29) is 12.1 Å². The van der Waals surface area contributed by atoms with Crippen LogP contribution in [0.25, 0.3) is 5.69 Å². The number of nitrogens with one attached hydrogen (secondary N) is 1. The predicted molar refractivity (Wildman–Crippen MR) is 141 cm³/mol. The van der Waals surface area contributed by atoms with Crippen LogP contribution in [0.3, 0.4) is 0 Å². The Morgan fingerprint density at radius 3 is 2.35 bits per heavy atom. The fourth-order valence-electron chi connectivity index (χ4n) is 4.96. The first kappa shape index (κ1) is 22.2. The van der Waals surface area contributed by atoms with E-state index in [4.69, 9.17) is 17.0 Å². The van der Waals surface area contributed by atoms with E-state index in [9.17, 15) is 0 Å². The highest BCUT2D eigenvalue weighted by Crippen LogP contribution is 2.44. The lowest BCUT2D eigenvalue weighted by atomic mass is 9.96. The smallest absolute Gasteiger partial charge is 0.174 e. The van der Waals surface area contributed by atoms with Gasteiger partial charge in [0, 0.05) is 29.0 Å². The average molecular weight is 469 g/mol. The molecule has 0 radical (unpaired) electrons. The highest BCUT2D eigenvalue weighted by atomic mass is 32.1. The minimum absolute atomic E-state index is 0.0558. The van der Waals surface area contributed by atoms with E-state index in [1.54, 1.807) is 7.11 Å². The Morgan fingerprint density at radius 1 is 0.941 bits per heavy atom. The zero-order valence-corrected chi connectivity index (χ0v) is 20.6. The van der Waals surface area contributed by atoms with Crippen molar-refractivity contribution < 1.29 is 4.74 Å². The molecule has 5 nitrogen and oxygen atoms in total. The van der Waals surface area contributed by atoms with Crippen molar-refractivity contribution in [1.29, 1.82) is 0 Å². The van der Waals surface area contributed by atoms with Gasteiger partial charge in [0.15, 0.2) is 5.11 Å². The van der Waals surface area contributed by atoms with Crippen molar-refractivity contribution in [3.8, 4) is 11.4 Å². The van der Waals surface area contributed by atoms with Gasteiger partial charge in [-0.1, -0.05) is 24.3 Å². The molecule has 34 heavy (non-hydrogen) atoms. The summed E-state index contributed by atoms with van der Waals surface area (Å²) in [6, 6.07) is 24.7. The molecule has 2 atom stereocenters. The van der Waals surface area contributed by atoms with E-state index < -0.39 is 0 Å². The largest absolute Gasteiger partial charge is 0.497 e. The van der Waals surface area contributed by atoms with Crippen molar-refractivity contribution in [2.24, 2.45) is 0 Å². The number of thiocarbonyl (C=S) groups is 1. The number of aromatic nitrogens is 2. The molecule has 0 saturated carbocycles. The number of aryl methyl sites for hydroxylation is 2. The first-order chi connectivity index (χ1) is 16.5. The first-order valence-electron chi connectivity index (χ1n) is 11.4. The standard InChI is InChI=1S/C28H28N4OS/c1-18-9-5-6-11-25(18)31-19(2)17-23(20(31)3)27-26(24-10-7-8-16-29-24)30-28(34)32(27)21-12-14-22(33-4)15-13-21/h5-17,26-27H,1-4H3,(H,30,34). The minimum Gasteiger partial charge on any atom is -0.497 e. The third-order valence-corrected chi connectivity index (χ3v) is 6.91. The molecule has 2 aromatic carbocycles. The van der Waals surface area contributed by atoms with Gasteiger partial charge >= 0.3 is 0 Å². The molecule has 5 rings (SSSR count). The summed E-state index contributed by atoms with van der Waals surface area (Å²) in [7, 11) is 1.68. The van der Waals surface area contributed by atoms with Crippen LogP contribution in [-0.2, 0) is 0 Å². The van der Waals surface area contributed by atoms with Crippen LogP contribution in [-0.4, -0.2) is 21.8 Å². The zero-order valence-electron chi connectivity index (χ0n) is 19.8. The summed E-state index contributed by atoms with van der Waals surface area (Å²) in [5.41, 5.74) is 8.03. The molecule has 1 aliphatic heterocycles. The lowest BCUT2D eigenvalue weighted by Gasteiger charge is -2.28. The average Bonchev–Trinajstić information content (AvgIpc) is 3.35. The highest BCUT2D eigenvalue weighted by Gasteiger charge is 2.42. The van der Waals surface area contributed by atoms with Gasteiger partial charge in [-0.3, -0.25) is 4.98 Å². The van der Waals surface area contributed by atoms with Crippen LogP contribution in [0.15, 0.2) is 79.0 Å². The SMILES string of the molecule is COc1ccc(N2C(=S)NC(c3ccccn3)C2c2cc(C)n(-c3ccccc3C)c2C)cc1. The number of ether oxygens (including phenoxy) is 1. The van der Waals surface area contributed by atoms with Crippen molar-refractivity contribution in [3.05, 3.63) is 107 Å². The minimum atomic E-state index is -0.0818. The van der Waals surface area contributed by atoms with Crippen LogP contribution in [0.4, 0.5) is 5.69 Å². The summed E-state index contributed by atoms with van der Waals surface area (Å²) >= 11 is 5.88. The molecule has 172 valence electrons.